The summed E-state index contributed by atoms with van der Waals surface area (Å²) in [5, 5.41) is 4.68. The second-order valence-electron chi connectivity index (χ2n) is 5.83. The van der Waals surface area contributed by atoms with Gasteiger partial charge in [-0.25, -0.2) is 4.99 Å². The van der Waals surface area contributed by atoms with Crippen LogP contribution >= 0.6 is 11.3 Å². The molecule has 0 unspecified atom stereocenters. The maximum absolute atomic E-state index is 12.3. The van der Waals surface area contributed by atoms with Crippen LogP contribution in [0.3, 0.4) is 0 Å². The quantitative estimate of drug-likeness (QED) is 0.683. The van der Waals surface area contributed by atoms with Crippen molar-refractivity contribution in [3.8, 4) is 5.75 Å². The summed E-state index contributed by atoms with van der Waals surface area (Å²) in [5.74, 6) is 0.886. The molecule has 0 bridgehead atoms. The highest BCUT2D eigenvalue weighted by Gasteiger charge is 2.13. The average molecular weight is 377 g/mol. The van der Waals surface area contributed by atoms with E-state index in [0.29, 0.717) is 27.4 Å². The van der Waals surface area contributed by atoms with Crippen molar-refractivity contribution in [3.63, 3.8) is 0 Å². The minimum absolute atomic E-state index is 0.215. The van der Waals surface area contributed by atoms with Gasteiger partial charge >= 0.3 is 4.87 Å². The number of hydrogen-bond acceptors (Lipinski definition) is 5. The SMILES string of the molecule is COc1cccc(Nc2[nH]c(=O)sc2/C=C2\C=c3ccccc3=NC2=O)c1. The number of H-pyrrole nitrogens is 1. The normalized spacial score (nSPS) is 14.3. The predicted octanol–water partition coefficient (Wildman–Crippen LogP) is 2.21. The lowest BCUT2D eigenvalue weighted by atomic mass is 10.1. The largest absolute Gasteiger partial charge is 0.497 e. The third kappa shape index (κ3) is 3.58. The van der Waals surface area contributed by atoms with Crippen LogP contribution in [0.5, 0.6) is 5.75 Å². The molecule has 6 nitrogen and oxygen atoms in total. The molecule has 0 saturated carbocycles. The highest BCUT2D eigenvalue weighted by atomic mass is 32.1. The van der Waals surface area contributed by atoms with E-state index in [4.69, 9.17) is 4.74 Å². The van der Waals surface area contributed by atoms with E-state index in [0.717, 1.165) is 22.2 Å². The number of carbonyl (C=O) groups is 1. The highest BCUT2D eigenvalue weighted by molar-refractivity contribution is 7.10. The Hall–Kier alpha value is -3.45. The third-order valence-corrected chi connectivity index (χ3v) is 4.85. The van der Waals surface area contributed by atoms with Crippen LogP contribution in [-0.4, -0.2) is 18.0 Å². The number of benzene rings is 2. The molecule has 0 atom stereocenters. The Morgan fingerprint density at radius 3 is 2.85 bits per heavy atom. The smallest absolute Gasteiger partial charge is 0.306 e. The second-order valence-corrected chi connectivity index (χ2v) is 6.85. The van der Waals surface area contributed by atoms with E-state index < -0.39 is 0 Å². The third-order valence-electron chi connectivity index (χ3n) is 4.02. The van der Waals surface area contributed by atoms with Gasteiger partial charge in [-0.15, -0.1) is 0 Å². The number of para-hydroxylation sites is 1. The van der Waals surface area contributed by atoms with Crippen LogP contribution in [-0.2, 0) is 4.79 Å². The lowest BCUT2D eigenvalue weighted by molar-refractivity contribution is -0.114. The molecule has 1 amide bonds. The van der Waals surface area contributed by atoms with Crippen molar-refractivity contribution >= 4 is 40.9 Å². The van der Waals surface area contributed by atoms with Gasteiger partial charge in [0.05, 0.1) is 17.3 Å². The second kappa shape index (κ2) is 7.05. The lowest BCUT2D eigenvalue weighted by Gasteiger charge is -2.08. The molecule has 2 N–H and O–H groups in total. The molecule has 7 heteroatoms. The topological polar surface area (TPSA) is 83.5 Å². The van der Waals surface area contributed by atoms with E-state index in [1.54, 1.807) is 25.3 Å². The summed E-state index contributed by atoms with van der Waals surface area (Å²) >= 11 is 1.03. The number of aromatic nitrogens is 1. The molecule has 0 fully saturated rings. The van der Waals surface area contributed by atoms with Crippen LogP contribution in [0.25, 0.3) is 12.2 Å². The van der Waals surface area contributed by atoms with Crippen molar-refractivity contribution < 1.29 is 9.53 Å². The summed E-state index contributed by atoms with van der Waals surface area (Å²) < 4.78 is 5.21. The Kier molecular flexibility index (Phi) is 4.43. The summed E-state index contributed by atoms with van der Waals surface area (Å²) in [6.07, 6.45) is 3.46. The first kappa shape index (κ1) is 17.0. The highest BCUT2D eigenvalue weighted by Crippen LogP contribution is 2.26. The minimum atomic E-state index is -0.332. The number of amides is 1. The fourth-order valence-corrected chi connectivity index (χ4v) is 3.48. The van der Waals surface area contributed by atoms with Crippen LogP contribution in [0.1, 0.15) is 4.88 Å². The fraction of sp³-hybridized carbons (Fsp3) is 0.0500. The minimum Gasteiger partial charge on any atom is -0.497 e. The van der Waals surface area contributed by atoms with Gasteiger partial charge in [0.1, 0.15) is 11.6 Å². The van der Waals surface area contributed by atoms with Crippen molar-refractivity contribution in [2.45, 2.75) is 0 Å². The number of carbonyl (C=O) groups excluding carboxylic acids is 1. The van der Waals surface area contributed by atoms with E-state index in [9.17, 15) is 9.59 Å². The Morgan fingerprint density at radius 2 is 2.00 bits per heavy atom. The Morgan fingerprint density at radius 1 is 1.15 bits per heavy atom. The Bertz CT molecular complexity index is 1240. The van der Waals surface area contributed by atoms with Gasteiger partial charge in [-0.1, -0.05) is 35.6 Å². The zero-order valence-electron chi connectivity index (χ0n) is 14.4. The van der Waals surface area contributed by atoms with Crippen LogP contribution in [0.15, 0.2) is 63.9 Å². The molecular formula is C20H15N3O3S. The van der Waals surface area contributed by atoms with Gasteiger partial charge in [-0.2, -0.15) is 0 Å². The molecule has 134 valence electrons. The van der Waals surface area contributed by atoms with Crippen LogP contribution in [0, 0.1) is 0 Å². The van der Waals surface area contributed by atoms with Gasteiger partial charge in [-0.05, 0) is 30.4 Å². The predicted molar refractivity (Wildman–Crippen MR) is 106 cm³/mol. The van der Waals surface area contributed by atoms with Gasteiger partial charge in [0.25, 0.3) is 5.91 Å². The zero-order valence-corrected chi connectivity index (χ0v) is 15.2. The monoisotopic (exact) mass is 377 g/mol. The van der Waals surface area contributed by atoms with Crippen molar-refractivity contribution in [1.29, 1.82) is 0 Å². The molecule has 0 saturated heterocycles. The number of aromatic amines is 1. The Labute approximate surface area is 158 Å². The molecule has 1 aliphatic rings. The number of ether oxygens (including phenoxy) is 1. The maximum Gasteiger partial charge on any atom is 0.306 e. The number of nitrogens with one attached hydrogen (secondary N) is 2. The molecule has 2 aromatic carbocycles. The number of hydrogen-bond donors (Lipinski definition) is 2. The molecule has 27 heavy (non-hydrogen) atoms. The molecular weight excluding hydrogens is 362 g/mol. The van der Waals surface area contributed by atoms with Crippen molar-refractivity contribution in [2.24, 2.45) is 4.99 Å². The standard InChI is InChI=1S/C20H15N3O3S/c1-26-15-7-4-6-14(11-15)21-18-17(27-20(25)23-18)10-13-9-12-5-2-3-8-16(12)22-19(13)24/h2-11,21H,1H3,(H,23,25)/b13-10+. The molecule has 0 spiro atoms. The molecule has 1 aromatic heterocycles. The molecule has 4 rings (SSSR count). The van der Waals surface area contributed by atoms with Crippen LogP contribution in [0.2, 0.25) is 0 Å². The van der Waals surface area contributed by atoms with Crippen molar-refractivity contribution in [2.75, 3.05) is 12.4 Å². The van der Waals surface area contributed by atoms with Crippen molar-refractivity contribution in [3.05, 3.63) is 79.2 Å². The van der Waals surface area contributed by atoms with Gasteiger partial charge in [0, 0.05) is 22.5 Å². The van der Waals surface area contributed by atoms with Crippen LogP contribution < -0.4 is 25.5 Å². The van der Waals surface area contributed by atoms with E-state index >= 15 is 0 Å². The summed E-state index contributed by atoms with van der Waals surface area (Å²) in [4.78, 5) is 31.5. The van der Waals surface area contributed by atoms with Gasteiger partial charge in [0.15, 0.2) is 0 Å². The summed E-state index contributed by atoms with van der Waals surface area (Å²) in [6.45, 7) is 0. The molecule has 2 heterocycles. The van der Waals surface area contributed by atoms with Crippen LogP contribution in [0.4, 0.5) is 11.5 Å². The summed E-state index contributed by atoms with van der Waals surface area (Å²) in [6, 6.07) is 14.8. The molecule has 0 aliphatic carbocycles. The van der Waals surface area contributed by atoms with E-state index in [2.05, 4.69) is 15.3 Å². The van der Waals surface area contributed by atoms with Gasteiger partial charge < -0.3 is 10.1 Å². The zero-order chi connectivity index (χ0) is 18.8. The average Bonchev–Trinajstić information content (AvgIpc) is 3.01. The summed E-state index contributed by atoms with van der Waals surface area (Å²) in [7, 11) is 1.59. The van der Waals surface area contributed by atoms with E-state index in [-0.39, 0.29) is 10.8 Å². The molecule has 1 aliphatic heterocycles. The van der Waals surface area contributed by atoms with E-state index in [1.807, 2.05) is 42.5 Å². The molecule has 3 aromatic rings. The number of rotatable bonds is 4. The number of nitrogens with zero attached hydrogens (tertiary/aromatic N) is 1. The first-order valence-electron chi connectivity index (χ1n) is 8.18. The van der Waals surface area contributed by atoms with Crippen molar-refractivity contribution in [1.82, 2.24) is 4.98 Å². The molecule has 0 radical (unpaired) electrons. The van der Waals surface area contributed by atoms with Gasteiger partial charge in [0.2, 0.25) is 0 Å². The van der Waals surface area contributed by atoms with Gasteiger partial charge in [-0.3, -0.25) is 14.6 Å². The number of fused-ring (bicyclic) bond motifs is 1. The first-order chi connectivity index (χ1) is 13.1. The maximum atomic E-state index is 12.3. The lowest BCUT2D eigenvalue weighted by Crippen LogP contribution is -2.29. The first-order valence-corrected chi connectivity index (χ1v) is 9.00. The number of anilines is 2. The number of methoxy groups -OCH3 is 1. The van der Waals surface area contributed by atoms with E-state index in [1.165, 1.54) is 0 Å². The summed E-state index contributed by atoms with van der Waals surface area (Å²) in [5.41, 5.74) is 1.19. The fourth-order valence-electron chi connectivity index (χ4n) is 2.74. The Balaban J connectivity index is 1.73. The number of thiazole rings is 1.